The lowest BCUT2D eigenvalue weighted by molar-refractivity contribution is 0.0998. The maximum Gasteiger partial charge on any atom is 0.279 e. The number of halogens is 1. The Kier molecular flexibility index (Phi) is 5.85. The summed E-state index contributed by atoms with van der Waals surface area (Å²) in [4.78, 5) is 17.3. The van der Waals surface area contributed by atoms with Gasteiger partial charge in [0.1, 0.15) is 5.82 Å². The van der Waals surface area contributed by atoms with Crippen molar-refractivity contribution in [1.29, 1.82) is 0 Å². The van der Waals surface area contributed by atoms with Gasteiger partial charge in [-0.1, -0.05) is 31.3 Å². The summed E-state index contributed by atoms with van der Waals surface area (Å²) >= 11 is 1.22. The fraction of sp³-hybridized carbons (Fsp3) is 0.364. The molecule has 3 aromatic rings. The third kappa shape index (κ3) is 4.22. The van der Waals surface area contributed by atoms with Crippen molar-refractivity contribution in [1.82, 2.24) is 8.87 Å². The van der Waals surface area contributed by atoms with Crippen molar-refractivity contribution in [3.63, 3.8) is 0 Å². The van der Waals surface area contributed by atoms with E-state index in [4.69, 9.17) is 0 Å². The predicted molar refractivity (Wildman–Crippen MR) is 119 cm³/mol. The Hall–Kier alpha value is -2.36. The number of thiazole rings is 1. The number of aryl methyl sites for hydroxylation is 1. The van der Waals surface area contributed by atoms with Gasteiger partial charge in [-0.2, -0.15) is 9.30 Å². The minimum Gasteiger partial charge on any atom is -0.317 e. The second kappa shape index (κ2) is 8.29. The Balaban J connectivity index is 1.61. The van der Waals surface area contributed by atoms with Crippen LogP contribution in [0, 0.1) is 17.7 Å². The van der Waals surface area contributed by atoms with E-state index in [0.717, 1.165) is 6.42 Å². The highest BCUT2D eigenvalue weighted by Crippen LogP contribution is 2.27. The highest BCUT2D eigenvalue weighted by Gasteiger charge is 2.31. The van der Waals surface area contributed by atoms with Crippen molar-refractivity contribution in [2.45, 2.75) is 25.2 Å². The van der Waals surface area contributed by atoms with Crippen molar-refractivity contribution in [3.05, 3.63) is 58.6 Å². The van der Waals surface area contributed by atoms with Crippen LogP contribution in [0.5, 0.6) is 0 Å². The normalized spacial score (nSPS) is 21.0. The molecule has 1 aliphatic heterocycles. The molecule has 2 unspecified atom stereocenters. The Morgan fingerprint density at radius 3 is 2.35 bits per heavy atom. The van der Waals surface area contributed by atoms with Crippen molar-refractivity contribution >= 4 is 37.5 Å². The van der Waals surface area contributed by atoms with Gasteiger partial charge in [0.25, 0.3) is 5.91 Å². The summed E-state index contributed by atoms with van der Waals surface area (Å²) < 4.78 is 43.9. The Morgan fingerprint density at radius 2 is 1.74 bits per heavy atom. The Bertz CT molecular complexity index is 1300. The Labute approximate surface area is 184 Å². The molecule has 1 fully saturated rings. The van der Waals surface area contributed by atoms with Gasteiger partial charge in [-0.05, 0) is 54.7 Å². The van der Waals surface area contributed by atoms with E-state index in [1.807, 2.05) is 0 Å². The lowest BCUT2D eigenvalue weighted by Crippen LogP contribution is -2.42. The summed E-state index contributed by atoms with van der Waals surface area (Å²) in [6.07, 6.45) is 1.01. The number of hydrogen-bond donors (Lipinski definition) is 0. The highest BCUT2D eigenvalue weighted by molar-refractivity contribution is 7.89. The molecule has 6 nitrogen and oxygen atoms in total. The zero-order valence-electron chi connectivity index (χ0n) is 17.6. The van der Waals surface area contributed by atoms with Crippen LogP contribution in [0.3, 0.4) is 0 Å². The van der Waals surface area contributed by atoms with Crippen LogP contribution in [0.15, 0.2) is 52.4 Å². The van der Waals surface area contributed by atoms with Crippen LogP contribution in [0.2, 0.25) is 0 Å². The fourth-order valence-electron chi connectivity index (χ4n) is 4.14. The smallest absolute Gasteiger partial charge is 0.279 e. The molecule has 0 spiro atoms. The second-order valence-electron chi connectivity index (χ2n) is 8.24. The molecule has 2 heterocycles. The number of sulfonamides is 1. The molecule has 0 aliphatic carbocycles. The third-order valence-electron chi connectivity index (χ3n) is 5.54. The molecule has 2 aromatic carbocycles. The molecule has 0 bridgehead atoms. The molecule has 2 atom stereocenters. The van der Waals surface area contributed by atoms with Crippen molar-refractivity contribution in [2.75, 3.05) is 13.1 Å². The number of carbonyl (C=O) groups is 1. The van der Waals surface area contributed by atoms with Crippen molar-refractivity contribution in [2.24, 2.45) is 23.9 Å². The molecule has 4 rings (SSSR count). The molecular formula is C22H24FN3O3S2. The van der Waals surface area contributed by atoms with E-state index in [-0.39, 0.29) is 16.3 Å². The number of fused-ring (bicyclic) bond motifs is 1. The van der Waals surface area contributed by atoms with E-state index < -0.39 is 15.9 Å². The number of piperidine rings is 1. The zero-order valence-corrected chi connectivity index (χ0v) is 19.2. The quantitative estimate of drug-likeness (QED) is 0.596. The van der Waals surface area contributed by atoms with Crippen LogP contribution < -0.4 is 4.80 Å². The van der Waals surface area contributed by atoms with Gasteiger partial charge >= 0.3 is 0 Å². The largest absolute Gasteiger partial charge is 0.317 e. The number of para-hydroxylation sites is 1. The molecule has 31 heavy (non-hydrogen) atoms. The first-order chi connectivity index (χ1) is 14.7. The summed E-state index contributed by atoms with van der Waals surface area (Å²) in [5, 5.41) is 0. The van der Waals surface area contributed by atoms with E-state index in [9.17, 15) is 17.6 Å². The summed E-state index contributed by atoms with van der Waals surface area (Å²) in [5.41, 5.74) is 0.669. The van der Waals surface area contributed by atoms with Crippen LogP contribution in [0.1, 0.15) is 30.6 Å². The molecule has 164 valence electrons. The number of aromatic nitrogens is 1. The molecule has 0 radical (unpaired) electrons. The molecular weight excluding hydrogens is 437 g/mol. The van der Waals surface area contributed by atoms with Crippen molar-refractivity contribution < 1.29 is 17.6 Å². The SMILES string of the molecule is CC1CC(C)CN(S(=O)(=O)c2ccc(C(=O)N=c3sc4cccc(F)c4n3C)cc2)C1. The number of amides is 1. The average molecular weight is 462 g/mol. The van der Waals surface area contributed by atoms with E-state index >= 15 is 0 Å². The van der Waals surface area contributed by atoms with Gasteiger partial charge < -0.3 is 4.57 Å². The van der Waals surface area contributed by atoms with E-state index in [1.54, 1.807) is 23.7 Å². The van der Waals surface area contributed by atoms with Crippen LogP contribution in [-0.4, -0.2) is 36.3 Å². The molecule has 1 aliphatic rings. The number of rotatable bonds is 3. The van der Waals surface area contributed by atoms with Gasteiger partial charge in [0.05, 0.1) is 15.1 Å². The molecule has 1 amide bonds. The zero-order chi connectivity index (χ0) is 22.3. The third-order valence-corrected chi connectivity index (χ3v) is 8.49. The van der Waals surface area contributed by atoms with Gasteiger partial charge in [0.2, 0.25) is 10.0 Å². The number of carbonyl (C=O) groups excluding carboxylic acids is 1. The summed E-state index contributed by atoms with van der Waals surface area (Å²) in [6, 6.07) is 10.6. The molecule has 1 aromatic heterocycles. The summed E-state index contributed by atoms with van der Waals surface area (Å²) in [5.74, 6) is -0.261. The van der Waals surface area contributed by atoms with Gasteiger partial charge in [0, 0.05) is 25.7 Å². The highest BCUT2D eigenvalue weighted by atomic mass is 32.2. The van der Waals surface area contributed by atoms with Gasteiger partial charge in [-0.25, -0.2) is 12.8 Å². The van der Waals surface area contributed by atoms with Gasteiger partial charge in [-0.15, -0.1) is 0 Å². The average Bonchev–Trinajstić information content (AvgIpc) is 3.04. The number of hydrogen-bond acceptors (Lipinski definition) is 4. The van der Waals surface area contributed by atoms with Crippen LogP contribution >= 0.6 is 11.3 Å². The maximum absolute atomic E-state index is 14.1. The predicted octanol–water partition coefficient (Wildman–Crippen LogP) is 3.79. The minimum absolute atomic E-state index is 0.167. The summed E-state index contributed by atoms with van der Waals surface area (Å²) in [7, 11) is -1.95. The molecule has 1 saturated heterocycles. The number of benzene rings is 2. The minimum atomic E-state index is -3.61. The van der Waals surface area contributed by atoms with Crippen LogP contribution in [0.25, 0.3) is 10.2 Å². The van der Waals surface area contributed by atoms with Crippen LogP contribution in [0.4, 0.5) is 4.39 Å². The van der Waals surface area contributed by atoms with E-state index in [1.165, 1.54) is 46.0 Å². The molecule has 0 saturated carbocycles. The van der Waals surface area contributed by atoms with Gasteiger partial charge in [-0.3, -0.25) is 4.79 Å². The van der Waals surface area contributed by atoms with E-state index in [2.05, 4.69) is 18.8 Å². The second-order valence-corrected chi connectivity index (χ2v) is 11.2. The maximum atomic E-state index is 14.1. The standard InChI is InChI=1S/C22H24FN3O3S2/c1-14-11-15(2)13-26(12-14)31(28,29)17-9-7-16(8-10-17)21(27)24-22-25(3)20-18(23)5-4-6-19(20)30-22/h4-10,14-15H,11-13H2,1-3H3. The lowest BCUT2D eigenvalue weighted by Gasteiger charge is -2.34. The van der Waals surface area contributed by atoms with Gasteiger partial charge in [0.15, 0.2) is 4.80 Å². The molecule has 9 heteroatoms. The monoisotopic (exact) mass is 461 g/mol. The summed E-state index contributed by atoms with van der Waals surface area (Å²) in [6.45, 7) is 5.12. The van der Waals surface area contributed by atoms with Crippen molar-refractivity contribution in [3.8, 4) is 0 Å². The first kappa shape index (κ1) is 21.9. The Morgan fingerprint density at radius 1 is 1.10 bits per heavy atom. The first-order valence-electron chi connectivity index (χ1n) is 10.1. The number of nitrogens with zero attached hydrogens (tertiary/aromatic N) is 3. The lowest BCUT2D eigenvalue weighted by atomic mass is 9.94. The molecule has 0 N–H and O–H groups in total. The van der Waals surface area contributed by atoms with E-state index in [0.29, 0.717) is 39.9 Å². The van der Waals surface area contributed by atoms with Crippen LogP contribution in [-0.2, 0) is 17.1 Å². The first-order valence-corrected chi connectivity index (χ1v) is 12.4. The topological polar surface area (TPSA) is 71.7 Å². The fourth-order valence-corrected chi connectivity index (χ4v) is 6.85.